The Hall–Kier alpha value is -4.11. The first-order valence-corrected chi connectivity index (χ1v) is 15.0. The summed E-state index contributed by atoms with van der Waals surface area (Å²) in [5.74, 6) is -0.0613. The Labute approximate surface area is 247 Å². The smallest absolute Gasteiger partial charge is 0.321 e. The molecule has 0 bridgehead atoms. The number of urea groups is 1. The van der Waals surface area contributed by atoms with E-state index in [0.29, 0.717) is 17.8 Å². The van der Waals surface area contributed by atoms with Gasteiger partial charge in [0.25, 0.3) is 11.8 Å². The maximum absolute atomic E-state index is 13.3. The van der Waals surface area contributed by atoms with Crippen molar-refractivity contribution in [3.8, 4) is 0 Å². The van der Waals surface area contributed by atoms with Crippen LogP contribution in [0.4, 0.5) is 10.5 Å². The van der Waals surface area contributed by atoms with Gasteiger partial charge in [0.15, 0.2) is 0 Å². The molecule has 1 spiro atoms. The van der Waals surface area contributed by atoms with Gasteiger partial charge in [0, 0.05) is 70.3 Å². The van der Waals surface area contributed by atoms with Crippen molar-refractivity contribution >= 4 is 23.5 Å². The average molecular weight is 569 g/mol. The van der Waals surface area contributed by atoms with Crippen LogP contribution in [-0.4, -0.2) is 70.8 Å². The minimum absolute atomic E-state index is 0.0112. The number of likely N-dealkylation sites (tertiary alicyclic amines) is 1. The Morgan fingerprint density at radius 3 is 2.14 bits per heavy atom. The molecular weight excluding hydrogens is 528 g/mol. The Morgan fingerprint density at radius 1 is 0.810 bits per heavy atom. The van der Waals surface area contributed by atoms with Crippen LogP contribution < -0.4 is 10.6 Å². The van der Waals surface area contributed by atoms with E-state index in [9.17, 15) is 14.4 Å². The molecule has 0 radical (unpaired) electrons. The lowest BCUT2D eigenvalue weighted by Crippen LogP contribution is -2.56. The van der Waals surface area contributed by atoms with Crippen LogP contribution in [0.3, 0.4) is 0 Å². The third kappa shape index (κ3) is 5.41. The van der Waals surface area contributed by atoms with Gasteiger partial charge in [0.05, 0.1) is 5.54 Å². The Morgan fingerprint density at radius 2 is 1.50 bits per heavy atom. The van der Waals surface area contributed by atoms with Crippen molar-refractivity contribution in [2.45, 2.75) is 57.3 Å². The second kappa shape index (κ2) is 11.6. The van der Waals surface area contributed by atoms with Gasteiger partial charge in [-0.25, -0.2) is 4.79 Å². The fraction of sp³-hybridized carbons (Fsp3) is 0.424. The molecule has 9 heteroatoms. The van der Waals surface area contributed by atoms with Gasteiger partial charge in [-0.2, -0.15) is 0 Å². The van der Waals surface area contributed by atoms with Crippen molar-refractivity contribution < 1.29 is 14.4 Å². The fourth-order valence-corrected chi connectivity index (χ4v) is 6.56. The first-order chi connectivity index (χ1) is 20.3. The highest BCUT2D eigenvalue weighted by atomic mass is 16.2. The zero-order chi connectivity index (χ0) is 29.3. The topological polar surface area (TPSA) is 89.9 Å². The van der Waals surface area contributed by atoms with E-state index in [-0.39, 0.29) is 23.4 Å². The summed E-state index contributed by atoms with van der Waals surface area (Å²) in [5, 5.41) is 6.05. The zero-order valence-corrected chi connectivity index (χ0v) is 24.6. The quantitative estimate of drug-likeness (QED) is 0.435. The molecule has 1 aliphatic carbocycles. The summed E-state index contributed by atoms with van der Waals surface area (Å²) in [7, 11) is 3.54. The molecule has 3 heterocycles. The van der Waals surface area contributed by atoms with E-state index in [2.05, 4.69) is 38.3 Å². The number of nitrogens with zero attached hydrogens (tertiary/aromatic N) is 4. The summed E-state index contributed by atoms with van der Waals surface area (Å²) in [5.41, 5.74) is 5.51. The van der Waals surface area contributed by atoms with Gasteiger partial charge in [0.1, 0.15) is 5.69 Å². The minimum Gasteiger partial charge on any atom is -0.347 e. The van der Waals surface area contributed by atoms with Crippen molar-refractivity contribution in [1.82, 2.24) is 24.6 Å². The number of carbonyl (C=O) groups is 3. The van der Waals surface area contributed by atoms with Gasteiger partial charge < -0.3 is 25.0 Å². The normalized spacial score (nSPS) is 17.4. The first-order valence-electron chi connectivity index (χ1n) is 15.0. The number of anilines is 1. The lowest BCUT2D eigenvalue weighted by atomic mass is 9.71. The highest BCUT2D eigenvalue weighted by Crippen LogP contribution is 2.49. The summed E-state index contributed by atoms with van der Waals surface area (Å²) < 4.78 is 2.21. The van der Waals surface area contributed by atoms with Crippen molar-refractivity contribution in [3.63, 3.8) is 0 Å². The Bertz CT molecular complexity index is 1450. The minimum atomic E-state index is -0.0725. The number of fused-ring (bicyclic) bond motifs is 2. The Balaban J connectivity index is 1.08. The maximum atomic E-state index is 13.3. The highest BCUT2D eigenvalue weighted by molar-refractivity contribution is 5.94. The molecule has 4 amide bonds. The summed E-state index contributed by atoms with van der Waals surface area (Å²) in [4.78, 5) is 43.9. The van der Waals surface area contributed by atoms with Crippen LogP contribution >= 0.6 is 0 Å². The highest BCUT2D eigenvalue weighted by Gasteiger charge is 2.48. The molecule has 1 aromatic heterocycles. The number of hydrogen-bond acceptors (Lipinski definition) is 4. The van der Waals surface area contributed by atoms with Crippen LogP contribution in [0, 0.1) is 0 Å². The third-order valence-corrected chi connectivity index (χ3v) is 9.10. The number of nitrogens with one attached hydrogen (secondary N) is 2. The second-order valence-corrected chi connectivity index (χ2v) is 12.0. The molecule has 2 N–H and O–H groups in total. The molecule has 220 valence electrons. The molecule has 0 unspecified atom stereocenters. The summed E-state index contributed by atoms with van der Waals surface area (Å²) in [6, 6.07) is 19.7. The van der Waals surface area contributed by atoms with Gasteiger partial charge in [-0.3, -0.25) is 14.5 Å². The molecule has 3 aromatic rings. The van der Waals surface area contributed by atoms with Crippen molar-refractivity contribution in [3.05, 3.63) is 88.7 Å². The summed E-state index contributed by atoms with van der Waals surface area (Å²) >= 11 is 0. The van der Waals surface area contributed by atoms with Crippen molar-refractivity contribution in [1.29, 1.82) is 0 Å². The maximum Gasteiger partial charge on any atom is 0.321 e. The second-order valence-electron chi connectivity index (χ2n) is 12.0. The van der Waals surface area contributed by atoms with Gasteiger partial charge in [-0.1, -0.05) is 24.3 Å². The van der Waals surface area contributed by atoms with Gasteiger partial charge in [-0.05, 0) is 79.6 Å². The SMILES string of the molecule is CN(C)C(=O)c1ccc(CN2CCn3c(C(=O)NCc4ccc(NC(=O)N5CCCC5)cc4)ccc3C23CCC3)cc1. The molecule has 42 heavy (non-hydrogen) atoms. The van der Waals surface area contributed by atoms with Crippen LogP contribution in [-0.2, 0) is 25.2 Å². The zero-order valence-electron chi connectivity index (χ0n) is 24.6. The fourth-order valence-electron chi connectivity index (χ4n) is 6.56. The van der Waals surface area contributed by atoms with E-state index in [1.165, 1.54) is 17.7 Å². The Kier molecular flexibility index (Phi) is 7.77. The molecule has 6 rings (SSSR count). The molecule has 1 saturated carbocycles. The van der Waals surface area contributed by atoms with Gasteiger partial charge >= 0.3 is 6.03 Å². The molecule has 2 aliphatic heterocycles. The molecule has 2 fully saturated rings. The van der Waals surface area contributed by atoms with Crippen molar-refractivity contribution in [2.24, 2.45) is 0 Å². The van der Waals surface area contributed by atoms with Crippen LogP contribution in [0.2, 0.25) is 0 Å². The molecule has 9 nitrogen and oxygen atoms in total. The van der Waals surface area contributed by atoms with Crippen molar-refractivity contribution in [2.75, 3.05) is 39.0 Å². The van der Waals surface area contributed by atoms with E-state index < -0.39 is 0 Å². The predicted molar refractivity (Wildman–Crippen MR) is 162 cm³/mol. The number of hydrogen-bond donors (Lipinski definition) is 2. The van der Waals surface area contributed by atoms with Gasteiger partial charge in [-0.15, -0.1) is 0 Å². The predicted octanol–water partition coefficient (Wildman–Crippen LogP) is 4.64. The van der Waals surface area contributed by atoms with E-state index in [1.807, 2.05) is 47.4 Å². The lowest BCUT2D eigenvalue weighted by Gasteiger charge is -2.53. The summed E-state index contributed by atoms with van der Waals surface area (Å²) in [6.45, 7) is 4.49. The lowest BCUT2D eigenvalue weighted by molar-refractivity contribution is -0.0217. The van der Waals surface area contributed by atoms with Crippen LogP contribution in [0.25, 0.3) is 0 Å². The molecule has 3 aliphatic rings. The number of benzene rings is 2. The van der Waals surface area contributed by atoms with E-state index >= 15 is 0 Å². The standard InChI is InChI=1S/C33H40N6O3/c1-36(2)31(41)26-10-6-25(7-11-26)23-38-20-21-39-28(14-15-29(39)33(38)16-5-17-33)30(40)34-22-24-8-12-27(13-9-24)35-32(42)37-18-3-4-19-37/h6-15H,3-5,16-23H2,1-2H3,(H,34,40)(H,35,42). The molecule has 0 atom stereocenters. The number of aromatic nitrogens is 1. The van der Waals surface area contributed by atoms with E-state index in [1.54, 1.807) is 19.0 Å². The van der Waals surface area contributed by atoms with Crippen LogP contribution in [0.1, 0.15) is 69.8 Å². The molecule has 2 aromatic carbocycles. The molecular formula is C33H40N6O3. The largest absolute Gasteiger partial charge is 0.347 e. The van der Waals surface area contributed by atoms with Gasteiger partial charge in [0.2, 0.25) is 0 Å². The molecule has 1 saturated heterocycles. The number of rotatable bonds is 7. The number of amides is 4. The average Bonchev–Trinajstić information content (AvgIpc) is 3.67. The van der Waals surface area contributed by atoms with E-state index in [0.717, 1.165) is 69.7 Å². The first kappa shape index (κ1) is 28.0. The number of carbonyl (C=O) groups excluding carboxylic acids is 3. The third-order valence-electron chi connectivity index (χ3n) is 9.10. The van der Waals surface area contributed by atoms with E-state index in [4.69, 9.17) is 0 Å². The summed E-state index contributed by atoms with van der Waals surface area (Å²) in [6.07, 6.45) is 5.46. The monoisotopic (exact) mass is 568 g/mol. The van der Waals surface area contributed by atoms with Crippen LogP contribution in [0.5, 0.6) is 0 Å². The van der Waals surface area contributed by atoms with Crippen LogP contribution in [0.15, 0.2) is 60.7 Å².